The molecule has 2 unspecified atom stereocenters. The smallest absolute Gasteiger partial charge is 0.326 e. The highest BCUT2D eigenvalue weighted by Gasteiger charge is 2.25. The number of hydrogen-bond donors (Lipinski definition) is 2. The van der Waals surface area contributed by atoms with Gasteiger partial charge in [-0.2, -0.15) is 0 Å². The van der Waals surface area contributed by atoms with E-state index >= 15 is 0 Å². The Morgan fingerprint density at radius 2 is 1.68 bits per heavy atom. The molecule has 5 heteroatoms. The van der Waals surface area contributed by atoms with E-state index < -0.39 is 12.0 Å². The lowest BCUT2D eigenvalue weighted by atomic mass is 10.1. The average molecular weight is 417 g/mol. The van der Waals surface area contributed by atoms with Gasteiger partial charge in [0.25, 0.3) is 0 Å². The Morgan fingerprint density at radius 1 is 1.00 bits per heavy atom. The lowest BCUT2D eigenvalue weighted by Crippen LogP contribution is -2.34. The Kier molecular flexibility index (Phi) is 6.72. The summed E-state index contributed by atoms with van der Waals surface area (Å²) < 4.78 is 6.07. The van der Waals surface area contributed by atoms with E-state index in [-0.39, 0.29) is 0 Å². The topological polar surface area (TPSA) is 61.8 Å². The number of nitrogens with zero attached hydrogens (tertiary/aromatic N) is 1. The number of anilines is 2. The van der Waals surface area contributed by atoms with Gasteiger partial charge >= 0.3 is 5.97 Å². The fourth-order valence-corrected chi connectivity index (χ4v) is 4.05. The Bertz CT molecular complexity index is 961. The van der Waals surface area contributed by atoms with Crippen LogP contribution in [-0.2, 0) is 11.2 Å². The molecule has 0 aromatic heterocycles. The summed E-state index contributed by atoms with van der Waals surface area (Å²) in [5, 5.41) is 12.7. The largest absolute Gasteiger partial charge is 0.491 e. The van der Waals surface area contributed by atoms with E-state index in [0.717, 1.165) is 30.0 Å². The molecule has 2 atom stereocenters. The van der Waals surface area contributed by atoms with Crippen LogP contribution in [-0.4, -0.2) is 36.3 Å². The van der Waals surface area contributed by atoms with E-state index in [0.29, 0.717) is 19.1 Å². The normalized spacial score (nSPS) is 16.6. The van der Waals surface area contributed by atoms with Crippen molar-refractivity contribution in [3.63, 3.8) is 0 Å². The Hall–Kier alpha value is -3.47. The van der Waals surface area contributed by atoms with Gasteiger partial charge < -0.3 is 20.1 Å². The van der Waals surface area contributed by atoms with Crippen LogP contribution < -0.4 is 15.0 Å². The quantitative estimate of drug-likeness (QED) is 0.523. The summed E-state index contributed by atoms with van der Waals surface area (Å²) in [6, 6.07) is 27.3. The van der Waals surface area contributed by atoms with E-state index in [1.54, 1.807) is 0 Å². The van der Waals surface area contributed by atoms with Crippen LogP contribution in [0.1, 0.15) is 18.4 Å². The molecule has 0 saturated carbocycles. The van der Waals surface area contributed by atoms with Crippen molar-refractivity contribution < 1.29 is 14.6 Å². The number of ether oxygens (including phenoxy) is 1. The first-order valence-electron chi connectivity index (χ1n) is 10.8. The summed E-state index contributed by atoms with van der Waals surface area (Å²) in [6.45, 7) is 1.70. The number of carboxylic acid groups (broad SMARTS) is 1. The SMILES string of the molecule is O=C(O)C(Cc1ccc(OCC2CCCN2c2ccccc2)cc1)Nc1ccccc1. The maximum atomic E-state index is 11.7. The lowest BCUT2D eigenvalue weighted by Gasteiger charge is -2.26. The summed E-state index contributed by atoms with van der Waals surface area (Å²) in [6.07, 6.45) is 2.69. The summed E-state index contributed by atoms with van der Waals surface area (Å²) in [7, 11) is 0. The van der Waals surface area contributed by atoms with Crippen molar-refractivity contribution >= 4 is 17.3 Å². The van der Waals surface area contributed by atoms with Gasteiger partial charge in [-0.1, -0.05) is 48.5 Å². The van der Waals surface area contributed by atoms with Crippen molar-refractivity contribution in [3.05, 3.63) is 90.5 Å². The van der Waals surface area contributed by atoms with E-state index in [2.05, 4.69) is 34.5 Å². The molecule has 5 nitrogen and oxygen atoms in total. The number of para-hydroxylation sites is 2. The van der Waals surface area contributed by atoms with E-state index in [1.807, 2.05) is 60.7 Å². The molecule has 3 aromatic carbocycles. The second-order valence-corrected chi connectivity index (χ2v) is 7.89. The highest BCUT2D eigenvalue weighted by atomic mass is 16.5. The van der Waals surface area contributed by atoms with Crippen molar-refractivity contribution in [2.45, 2.75) is 31.3 Å². The van der Waals surface area contributed by atoms with Gasteiger partial charge in [-0.25, -0.2) is 4.79 Å². The Balaban J connectivity index is 1.33. The fourth-order valence-electron chi connectivity index (χ4n) is 4.05. The molecule has 0 bridgehead atoms. The molecule has 0 amide bonds. The number of carboxylic acids is 1. The summed E-state index contributed by atoms with van der Waals surface area (Å²) >= 11 is 0. The molecule has 0 aliphatic carbocycles. The molecular formula is C26H28N2O3. The minimum atomic E-state index is -0.869. The van der Waals surface area contributed by atoms with Gasteiger partial charge in [-0.3, -0.25) is 0 Å². The minimum absolute atomic E-state index is 0.369. The average Bonchev–Trinajstić information content (AvgIpc) is 3.28. The molecule has 0 radical (unpaired) electrons. The summed E-state index contributed by atoms with van der Waals surface area (Å²) in [4.78, 5) is 14.1. The minimum Gasteiger partial charge on any atom is -0.491 e. The van der Waals surface area contributed by atoms with Gasteiger partial charge in [0.2, 0.25) is 0 Å². The Morgan fingerprint density at radius 3 is 2.35 bits per heavy atom. The molecule has 1 aliphatic heterocycles. The molecule has 160 valence electrons. The van der Waals surface area contributed by atoms with Crippen LogP contribution in [0.2, 0.25) is 0 Å². The van der Waals surface area contributed by atoms with Crippen molar-refractivity contribution in [1.82, 2.24) is 0 Å². The molecule has 4 rings (SSSR count). The lowest BCUT2D eigenvalue weighted by molar-refractivity contribution is -0.137. The highest BCUT2D eigenvalue weighted by molar-refractivity contribution is 5.77. The van der Waals surface area contributed by atoms with Gasteiger partial charge in [0, 0.05) is 24.3 Å². The third kappa shape index (κ3) is 5.57. The molecule has 0 spiro atoms. The molecule has 31 heavy (non-hydrogen) atoms. The molecule has 1 saturated heterocycles. The number of nitrogens with one attached hydrogen (secondary N) is 1. The predicted octanol–water partition coefficient (Wildman–Crippen LogP) is 4.84. The third-order valence-corrected chi connectivity index (χ3v) is 5.68. The fraction of sp³-hybridized carbons (Fsp3) is 0.269. The first-order valence-corrected chi connectivity index (χ1v) is 10.8. The maximum Gasteiger partial charge on any atom is 0.326 e. The van der Waals surface area contributed by atoms with Crippen LogP contribution in [0.5, 0.6) is 5.75 Å². The molecule has 3 aromatic rings. The van der Waals surface area contributed by atoms with E-state index in [9.17, 15) is 9.90 Å². The summed E-state index contributed by atoms with van der Waals surface area (Å²) in [5.74, 6) is -0.0574. The second-order valence-electron chi connectivity index (χ2n) is 7.89. The summed E-state index contributed by atoms with van der Waals surface area (Å²) in [5.41, 5.74) is 3.00. The number of rotatable bonds is 9. The van der Waals surface area contributed by atoms with Gasteiger partial charge in [0.15, 0.2) is 0 Å². The monoisotopic (exact) mass is 416 g/mol. The molecule has 1 fully saturated rings. The van der Waals surface area contributed by atoms with Gasteiger partial charge in [0.05, 0.1) is 6.04 Å². The van der Waals surface area contributed by atoms with E-state index in [1.165, 1.54) is 12.1 Å². The van der Waals surface area contributed by atoms with Crippen LogP contribution in [0.25, 0.3) is 0 Å². The number of carbonyl (C=O) groups is 1. The first-order chi connectivity index (χ1) is 15.2. The van der Waals surface area contributed by atoms with Crippen molar-refractivity contribution in [1.29, 1.82) is 0 Å². The molecule has 2 N–H and O–H groups in total. The predicted molar refractivity (Wildman–Crippen MR) is 124 cm³/mol. The highest BCUT2D eigenvalue weighted by Crippen LogP contribution is 2.26. The zero-order chi connectivity index (χ0) is 21.5. The molecular weight excluding hydrogens is 388 g/mol. The van der Waals surface area contributed by atoms with Crippen LogP contribution in [0.15, 0.2) is 84.9 Å². The second kappa shape index (κ2) is 10.0. The van der Waals surface area contributed by atoms with Crippen molar-refractivity contribution in [2.24, 2.45) is 0 Å². The number of hydrogen-bond acceptors (Lipinski definition) is 4. The van der Waals surface area contributed by atoms with Crippen LogP contribution in [0.4, 0.5) is 11.4 Å². The van der Waals surface area contributed by atoms with Crippen LogP contribution >= 0.6 is 0 Å². The van der Waals surface area contributed by atoms with Gasteiger partial charge in [0.1, 0.15) is 18.4 Å². The third-order valence-electron chi connectivity index (χ3n) is 5.68. The van der Waals surface area contributed by atoms with E-state index in [4.69, 9.17) is 4.74 Å². The van der Waals surface area contributed by atoms with Crippen LogP contribution in [0.3, 0.4) is 0 Å². The van der Waals surface area contributed by atoms with Crippen LogP contribution in [0, 0.1) is 0 Å². The zero-order valence-corrected chi connectivity index (χ0v) is 17.5. The zero-order valence-electron chi connectivity index (χ0n) is 17.5. The van der Waals surface area contributed by atoms with Crippen molar-refractivity contribution in [3.8, 4) is 5.75 Å². The molecule has 1 aliphatic rings. The first kappa shape index (κ1) is 20.8. The standard InChI is InChI=1S/C26H28N2O3/c29-26(30)25(27-21-8-3-1-4-9-21)18-20-13-15-24(16-14-20)31-19-23-12-7-17-28(23)22-10-5-2-6-11-22/h1-6,8-11,13-16,23,25,27H,7,12,17-19H2,(H,29,30). The Labute approximate surface area is 183 Å². The van der Waals surface area contributed by atoms with Crippen molar-refractivity contribution in [2.75, 3.05) is 23.4 Å². The molecule has 1 heterocycles. The van der Waals surface area contributed by atoms with Gasteiger partial charge in [-0.15, -0.1) is 0 Å². The number of benzene rings is 3. The maximum absolute atomic E-state index is 11.7. The number of aliphatic carboxylic acids is 1. The van der Waals surface area contributed by atoms with Gasteiger partial charge in [-0.05, 0) is 54.8 Å².